The minimum absolute atomic E-state index is 0.122. The maximum atomic E-state index is 11.8. The highest BCUT2D eigenvalue weighted by Gasteiger charge is 2.30. The smallest absolute Gasteiger partial charge is 0.223 e. The Morgan fingerprint density at radius 1 is 1.15 bits per heavy atom. The summed E-state index contributed by atoms with van der Waals surface area (Å²) in [5.74, 6) is 0.228. The molecule has 0 N–H and O–H groups in total. The van der Waals surface area contributed by atoms with Crippen molar-refractivity contribution in [1.82, 2.24) is 4.90 Å². The van der Waals surface area contributed by atoms with Crippen molar-refractivity contribution in [3.05, 3.63) is 0 Å². The van der Waals surface area contributed by atoms with Crippen LogP contribution in [-0.4, -0.2) is 34.3 Å². The van der Waals surface area contributed by atoms with E-state index in [0.29, 0.717) is 6.42 Å². The van der Waals surface area contributed by atoms with E-state index >= 15 is 0 Å². The van der Waals surface area contributed by atoms with Crippen LogP contribution in [0, 0.1) is 0 Å². The molecule has 4 heteroatoms. The molecule has 1 unspecified atom stereocenters. The van der Waals surface area contributed by atoms with E-state index in [9.17, 15) is 9.59 Å². The number of carbonyl (C=O) groups excluding carboxylic acids is 2. The van der Waals surface area contributed by atoms with Crippen molar-refractivity contribution in [2.45, 2.75) is 76.9 Å². The Labute approximate surface area is 127 Å². The summed E-state index contributed by atoms with van der Waals surface area (Å²) in [6.07, 6.45) is 10.9. The number of likely N-dealkylation sites (tertiary alicyclic amines) is 1. The van der Waals surface area contributed by atoms with E-state index < -0.39 is 0 Å². The maximum absolute atomic E-state index is 11.8. The summed E-state index contributed by atoms with van der Waals surface area (Å²) in [6, 6.07) is 0. The zero-order valence-corrected chi connectivity index (χ0v) is 13.8. The van der Waals surface area contributed by atoms with Gasteiger partial charge in [0.1, 0.15) is 0 Å². The predicted molar refractivity (Wildman–Crippen MR) is 85.9 cm³/mol. The fraction of sp³-hybridized carbons (Fsp3) is 0.875. The van der Waals surface area contributed by atoms with Crippen molar-refractivity contribution in [2.75, 3.05) is 13.1 Å². The lowest BCUT2D eigenvalue weighted by Crippen LogP contribution is -2.26. The average molecular weight is 299 g/mol. The molecule has 0 saturated carbocycles. The van der Waals surface area contributed by atoms with Gasteiger partial charge in [0.25, 0.3) is 0 Å². The third-order valence-electron chi connectivity index (χ3n) is 3.79. The topological polar surface area (TPSA) is 37.4 Å². The molecule has 0 aromatic carbocycles. The minimum atomic E-state index is 0.122. The Balaban J connectivity index is 2.02. The van der Waals surface area contributed by atoms with E-state index in [-0.39, 0.29) is 16.3 Å². The molecule has 1 atom stereocenters. The quantitative estimate of drug-likeness (QED) is 0.572. The summed E-state index contributed by atoms with van der Waals surface area (Å²) in [6.45, 7) is 5.46. The van der Waals surface area contributed by atoms with Crippen LogP contribution >= 0.6 is 11.8 Å². The van der Waals surface area contributed by atoms with Crippen molar-refractivity contribution in [2.24, 2.45) is 0 Å². The standard InChI is InChI=1S/C16H29NO2S/c1-3-4-5-6-7-8-9-10-11-17-13-15(12-16(17)19)20-14(2)18/h15H,3-13H2,1-2H3. The normalized spacial score (nSPS) is 18.8. The molecule has 1 saturated heterocycles. The predicted octanol–water partition coefficient (Wildman–Crippen LogP) is 4.01. The van der Waals surface area contributed by atoms with E-state index in [4.69, 9.17) is 0 Å². The van der Waals surface area contributed by atoms with Gasteiger partial charge in [-0.25, -0.2) is 0 Å². The number of amides is 1. The SMILES string of the molecule is CCCCCCCCCCN1CC(SC(C)=O)CC1=O. The molecular formula is C16H29NO2S. The highest BCUT2D eigenvalue weighted by atomic mass is 32.2. The van der Waals surface area contributed by atoms with Gasteiger partial charge in [0.05, 0.1) is 0 Å². The van der Waals surface area contributed by atoms with Gasteiger partial charge in [0.15, 0.2) is 5.12 Å². The summed E-state index contributed by atoms with van der Waals surface area (Å²) >= 11 is 1.32. The fourth-order valence-electron chi connectivity index (χ4n) is 2.70. The molecule has 0 radical (unpaired) electrons. The summed E-state index contributed by atoms with van der Waals surface area (Å²) in [5, 5.41) is 0.311. The molecule has 0 aromatic rings. The van der Waals surface area contributed by atoms with Gasteiger partial charge in [-0.2, -0.15) is 0 Å². The molecule has 1 rings (SSSR count). The van der Waals surface area contributed by atoms with E-state index in [1.54, 1.807) is 6.92 Å². The molecule has 1 amide bonds. The Hall–Kier alpha value is -0.510. The van der Waals surface area contributed by atoms with Gasteiger partial charge in [-0.15, -0.1) is 0 Å². The zero-order valence-electron chi connectivity index (χ0n) is 13.0. The molecule has 0 spiro atoms. The first-order chi connectivity index (χ1) is 9.63. The van der Waals surface area contributed by atoms with E-state index in [0.717, 1.165) is 19.5 Å². The number of thioether (sulfide) groups is 1. The second-order valence-electron chi connectivity index (χ2n) is 5.75. The van der Waals surface area contributed by atoms with Gasteiger partial charge < -0.3 is 4.90 Å². The van der Waals surface area contributed by atoms with Gasteiger partial charge in [0, 0.05) is 31.7 Å². The number of rotatable bonds is 10. The average Bonchev–Trinajstić information content (AvgIpc) is 2.72. The van der Waals surface area contributed by atoms with Gasteiger partial charge in [-0.1, -0.05) is 63.6 Å². The van der Waals surface area contributed by atoms with Crippen LogP contribution in [0.5, 0.6) is 0 Å². The van der Waals surface area contributed by atoms with Crippen LogP contribution in [0.3, 0.4) is 0 Å². The van der Waals surface area contributed by atoms with E-state index in [2.05, 4.69) is 6.92 Å². The lowest BCUT2D eigenvalue weighted by Gasteiger charge is -2.16. The van der Waals surface area contributed by atoms with Crippen LogP contribution in [0.25, 0.3) is 0 Å². The highest BCUT2D eigenvalue weighted by Crippen LogP contribution is 2.24. The van der Waals surface area contributed by atoms with Crippen molar-refractivity contribution < 1.29 is 9.59 Å². The number of hydrogen-bond acceptors (Lipinski definition) is 3. The molecule has 3 nitrogen and oxygen atoms in total. The third-order valence-corrected chi connectivity index (χ3v) is 4.77. The third kappa shape index (κ3) is 7.32. The molecule has 1 heterocycles. The summed E-state index contributed by atoms with van der Waals surface area (Å²) in [7, 11) is 0. The molecule has 0 aromatic heterocycles. The maximum Gasteiger partial charge on any atom is 0.223 e. The van der Waals surface area contributed by atoms with E-state index in [1.807, 2.05) is 4.90 Å². The molecule has 0 aliphatic carbocycles. The Bertz CT molecular complexity index is 307. The van der Waals surface area contributed by atoms with Gasteiger partial charge >= 0.3 is 0 Å². The fourth-order valence-corrected chi connectivity index (χ4v) is 3.65. The second kappa shape index (κ2) is 10.3. The number of hydrogen-bond donors (Lipinski definition) is 0. The minimum Gasteiger partial charge on any atom is -0.342 e. The lowest BCUT2D eigenvalue weighted by molar-refractivity contribution is -0.127. The van der Waals surface area contributed by atoms with Crippen LogP contribution in [-0.2, 0) is 9.59 Å². The van der Waals surface area contributed by atoms with Crippen molar-refractivity contribution in [3.8, 4) is 0 Å². The lowest BCUT2D eigenvalue weighted by atomic mass is 10.1. The van der Waals surface area contributed by atoms with Gasteiger partial charge in [-0.3, -0.25) is 9.59 Å². The van der Waals surface area contributed by atoms with Gasteiger partial charge in [0.2, 0.25) is 5.91 Å². The highest BCUT2D eigenvalue weighted by molar-refractivity contribution is 8.14. The summed E-state index contributed by atoms with van der Waals surface area (Å²) in [5.41, 5.74) is 0. The Kier molecular flexibility index (Phi) is 8.99. The van der Waals surface area contributed by atoms with Crippen LogP contribution in [0.2, 0.25) is 0 Å². The molecule has 1 aliphatic rings. The molecule has 20 heavy (non-hydrogen) atoms. The molecule has 116 valence electrons. The monoisotopic (exact) mass is 299 g/mol. The van der Waals surface area contributed by atoms with Crippen LogP contribution in [0.1, 0.15) is 71.6 Å². The first-order valence-corrected chi connectivity index (χ1v) is 8.96. The van der Waals surface area contributed by atoms with Crippen molar-refractivity contribution in [3.63, 3.8) is 0 Å². The summed E-state index contributed by atoms with van der Waals surface area (Å²) in [4.78, 5) is 24.8. The molecule has 1 fully saturated rings. The zero-order chi connectivity index (χ0) is 14.8. The van der Waals surface area contributed by atoms with Crippen LogP contribution in [0.4, 0.5) is 0 Å². The summed E-state index contributed by atoms with van der Waals surface area (Å²) < 4.78 is 0. The first kappa shape index (κ1) is 17.5. The Morgan fingerprint density at radius 2 is 1.75 bits per heavy atom. The molecule has 0 bridgehead atoms. The number of nitrogens with zero attached hydrogens (tertiary/aromatic N) is 1. The Morgan fingerprint density at radius 3 is 2.35 bits per heavy atom. The van der Waals surface area contributed by atoms with Crippen molar-refractivity contribution >= 4 is 22.8 Å². The molecule has 1 aliphatic heterocycles. The van der Waals surface area contributed by atoms with E-state index in [1.165, 1.54) is 56.7 Å². The number of unbranched alkanes of at least 4 members (excludes halogenated alkanes) is 7. The second-order valence-corrected chi connectivity index (χ2v) is 7.23. The van der Waals surface area contributed by atoms with Crippen LogP contribution in [0.15, 0.2) is 0 Å². The van der Waals surface area contributed by atoms with Crippen LogP contribution < -0.4 is 0 Å². The largest absolute Gasteiger partial charge is 0.342 e. The van der Waals surface area contributed by atoms with Crippen molar-refractivity contribution in [1.29, 1.82) is 0 Å². The first-order valence-electron chi connectivity index (χ1n) is 8.08. The van der Waals surface area contributed by atoms with Gasteiger partial charge in [-0.05, 0) is 6.42 Å². The molecular weight excluding hydrogens is 270 g/mol. The number of carbonyl (C=O) groups is 2.